The van der Waals surface area contributed by atoms with E-state index in [-0.39, 0.29) is 11.2 Å². The van der Waals surface area contributed by atoms with Gasteiger partial charge in [0, 0.05) is 8.99 Å². The summed E-state index contributed by atoms with van der Waals surface area (Å²) in [5.41, 5.74) is 0.727. The standard InChI is InChI=1S/C11H13IO/c1-8(13)11(2,3)9-4-6-10(12)7-5-9/h4-7H,1-3H3. The molecule has 0 saturated carbocycles. The van der Waals surface area contributed by atoms with Gasteiger partial charge in [0.25, 0.3) is 0 Å². The van der Waals surface area contributed by atoms with Crippen LogP contribution < -0.4 is 0 Å². The summed E-state index contributed by atoms with van der Waals surface area (Å²) in [4.78, 5) is 11.3. The Morgan fingerprint density at radius 3 is 2.08 bits per heavy atom. The molecule has 2 heteroatoms. The molecule has 0 aliphatic heterocycles. The average Bonchev–Trinajstić information content (AvgIpc) is 2.04. The minimum absolute atomic E-state index is 0.203. The van der Waals surface area contributed by atoms with E-state index in [0.29, 0.717) is 0 Å². The summed E-state index contributed by atoms with van der Waals surface area (Å²) >= 11 is 2.26. The molecule has 1 rings (SSSR count). The minimum atomic E-state index is -0.357. The molecule has 0 amide bonds. The van der Waals surface area contributed by atoms with Gasteiger partial charge in [-0.15, -0.1) is 0 Å². The van der Waals surface area contributed by atoms with Crippen molar-refractivity contribution < 1.29 is 4.79 Å². The quantitative estimate of drug-likeness (QED) is 0.764. The molecule has 0 bridgehead atoms. The number of hydrogen-bond donors (Lipinski definition) is 0. The van der Waals surface area contributed by atoms with Crippen LogP contribution in [-0.4, -0.2) is 5.78 Å². The van der Waals surface area contributed by atoms with Gasteiger partial charge in [-0.2, -0.15) is 0 Å². The lowest BCUT2D eigenvalue weighted by atomic mass is 9.81. The fraction of sp³-hybridized carbons (Fsp3) is 0.364. The monoisotopic (exact) mass is 288 g/mol. The maximum Gasteiger partial charge on any atom is 0.139 e. The molecule has 0 N–H and O–H groups in total. The van der Waals surface area contributed by atoms with Crippen LogP contribution in [0.4, 0.5) is 0 Å². The first-order valence-electron chi connectivity index (χ1n) is 4.21. The lowest BCUT2D eigenvalue weighted by Crippen LogP contribution is -2.26. The summed E-state index contributed by atoms with van der Waals surface area (Å²) in [7, 11) is 0. The molecule has 0 saturated heterocycles. The zero-order chi connectivity index (χ0) is 10.1. The molecule has 0 aliphatic carbocycles. The predicted octanol–water partition coefficient (Wildman–Crippen LogP) is 3.16. The maximum atomic E-state index is 11.3. The molecule has 0 fully saturated rings. The molecule has 1 nitrogen and oxygen atoms in total. The van der Waals surface area contributed by atoms with Crippen molar-refractivity contribution in [3.05, 3.63) is 33.4 Å². The summed E-state index contributed by atoms with van der Waals surface area (Å²) in [5, 5.41) is 0. The van der Waals surface area contributed by atoms with Gasteiger partial charge >= 0.3 is 0 Å². The summed E-state index contributed by atoms with van der Waals surface area (Å²) in [6.45, 7) is 5.55. The Hall–Kier alpha value is -0.380. The van der Waals surface area contributed by atoms with Crippen molar-refractivity contribution in [1.29, 1.82) is 0 Å². The van der Waals surface area contributed by atoms with Crippen LogP contribution in [0.3, 0.4) is 0 Å². The summed E-state index contributed by atoms with van der Waals surface area (Å²) in [5.74, 6) is 0.203. The van der Waals surface area contributed by atoms with E-state index in [1.54, 1.807) is 6.92 Å². The Kier molecular flexibility index (Phi) is 3.11. The predicted molar refractivity (Wildman–Crippen MR) is 62.9 cm³/mol. The van der Waals surface area contributed by atoms with E-state index in [4.69, 9.17) is 0 Å². The molecule has 1 aromatic carbocycles. The SMILES string of the molecule is CC(=O)C(C)(C)c1ccc(I)cc1. The number of rotatable bonds is 2. The maximum absolute atomic E-state index is 11.3. The molecule has 0 aromatic heterocycles. The first kappa shape index (κ1) is 10.7. The molecule has 13 heavy (non-hydrogen) atoms. The number of benzene rings is 1. The Labute approximate surface area is 92.7 Å². The lowest BCUT2D eigenvalue weighted by Gasteiger charge is -2.21. The van der Waals surface area contributed by atoms with E-state index in [1.165, 1.54) is 3.57 Å². The molecule has 0 radical (unpaired) electrons. The van der Waals surface area contributed by atoms with E-state index >= 15 is 0 Å². The van der Waals surface area contributed by atoms with Crippen LogP contribution in [0, 0.1) is 3.57 Å². The van der Waals surface area contributed by atoms with Crippen molar-refractivity contribution in [2.75, 3.05) is 0 Å². The van der Waals surface area contributed by atoms with Crippen LogP contribution in [0.15, 0.2) is 24.3 Å². The topological polar surface area (TPSA) is 17.1 Å². The van der Waals surface area contributed by atoms with Gasteiger partial charge in [-0.3, -0.25) is 4.79 Å². The third kappa shape index (κ3) is 2.30. The third-order valence-electron chi connectivity index (χ3n) is 2.45. The smallest absolute Gasteiger partial charge is 0.139 e. The Morgan fingerprint density at radius 2 is 1.69 bits per heavy atom. The number of halogens is 1. The summed E-state index contributed by atoms with van der Waals surface area (Å²) in [6, 6.07) is 8.09. The molecule has 0 spiro atoms. The molecule has 0 heterocycles. The highest BCUT2D eigenvalue weighted by molar-refractivity contribution is 14.1. The Morgan fingerprint density at radius 1 is 1.23 bits per heavy atom. The van der Waals surface area contributed by atoms with Gasteiger partial charge in [0.2, 0.25) is 0 Å². The first-order chi connectivity index (χ1) is 5.94. The van der Waals surface area contributed by atoms with Crippen LogP contribution in [0.2, 0.25) is 0 Å². The van der Waals surface area contributed by atoms with Gasteiger partial charge < -0.3 is 0 Å². The van der Waals surface area contributed by atoms with Gasteiger partial charge in [0.05, 0.1) is 0 Å². The van der Waals surface area contributed by atoms with Crippen LogP contribution in [0.1, 0.15) is 26.3 Å². The molecule has 1 aromatic rings. The Balaban J connectivity index is 3.08. The second-order valence-corrected chi connectivity index (χ2v) is 4.93. The lowest BCUT2D eigenvalue weighted by molar-refractivity contribution is -0.121. The van der Waals surface area contributed by atoms with Gasteiger partial charge in [-0.1, -0.05) is 12.1 Å². The van der Waals surface area contributed by atoms with Crippen LogP contribution in [0.25, 0.3) is 0 Å². The first-order valence-corrected chi connectivity index (χ1v) is 5.29. The van der Waals surface area contributed by atoms with Crippen molar-refractivity contribution in [3.63, 3.8) is 0 Å². The van der Waals surface area contributed by atoms with Crippen molar-refractivity contribution in [2.45, 2.75) is 26.2 Å². The van der Waals surface area contributed by atoms with E-state index in [9.17, 15) is 4.79 Å². The van der Waals surface area contributed by atoms with Crippen molar-refractivity contribution >= 4 is 28.4 Å². The summed E-state index contributed by atoms with van der Waals surface area (Å²) < 4.78 is 1.20. The molecular weight excluding hydrogens is 275 g/mol. The minimum Gasteiger partial charge on any atom is -0.299 e. The Bertz CT molecular complexity index is 311. The zero-order valence-electron chi connectivity index (χ0n) is 8.10. The number of hydrogen-bond acceptors (Lipinski definition) is 1. The fourth-order valence-corrected chi connectivity index (χ4v) is 1.43. The van der Waals surface area contributed by atoms with Gasteiger partial charge in [0.1, 0.15) is 5.78 Å². The molecule has 70 valence electrons. The molecule has 0 atom stereocenters. The van der Waals surface area contributed by atoms with Crippen molar-refractivity contribution in [3.8, 4) is 0 Å². The van der Waals surface area contributed by atoms with Crippen molar-refractivity contribution in [2.24, 2.45) is 0 Å². The highest BCUT2D eigenvalue weighted by Crippen LogP contribution is 2.24. The molecule has 0 unspecified atom stereocenters. The molecular formula is C11H13IO. The number of carbonyl (C=O) groups is 1. The van der Waals surface area contributed by atoms with Crippen LogP contribution in [-0.2, 0) is 10.2 Å². The number of carbonyl (C=O) groups excluding carboxylic acids is 1. The highest BCUT2D eigenvalue weighted by atomic mass is 127. The third-order valence-corrected chi connectivity index (χ3v) is 3.17. The van der Waals surface area contributed by atoms with Gasteiger partial charge in [-0.25, -0.2) is 0 Å². The van der Waals surface area contributed by atoms with Crippen LogP contribution >= 0.6 is 22.6 Å². The second-order valence-electron chi connectivity index (χ2n) is 3.69. The van der Waals surface area contributed by atoms with Gasteiger partial charge in [-0.05, 0) is 61.1 Å². The normalized spacial score (nSPS) is 11.4. The van der Waals surface area contributed by atoms with E-state index in [2.05, 4.69) is 22.6 Å². The summed E-state index contributed by atoms with van der Waals surface area (Å²) in [6.07, 6.45) is 0. The van der Waals surface area contributed by atoms with E-state index in [0.717, 1.165) is 5.56 Å². The largest absolute Gasteiger partial charge is 0.299 e. The average molecular weight is 288 g/mol. The van der Waals surface area contributed by atoms with E-state index < -0.39 is 0 Å². The van der Waals surface area contributed by atoms with E-state index in [1.807, 2.05) is 38.1 Å². The number of Topliss-reactive ketones (excluding diaryl/α,β-unsaturated/α-hetero) is 1. The second kappa shape index (κ2) is 3.78. The van der Waals surface area contributed by atoms with Crippen molar-refractivity contribution in [1.82, 2.24) is 0 Å². The molecule has 0 aliphatic rings. The van der Waals surface area contributed by atoms with Crippen LogP contribution in [0.5, 0.6) is 0 Å². The highest BCUT2D eigenvalue weighted by Gasteiger charge is 2.25. The fourth-order valence-electron chi connectivity index (χ4n) is 1.07. The zero-order valence-corrected chi connectivity index (χ0v) is 10.3. The van der Waals surface area contributed by atoms with Gasteiger partial charge in [0.15, 0.2) is 0 Å². The number of ketones is 1.